The van der Waals surface area contributed by atoms with Crippen LogP contribution in [0.25, 0.3) is 0 Å². The summed E-state index contributed by atoms with van der Waals surface area (Å²) in [5, 5.41) is 14.0. The standard InChI is InChI=1S/C13H20N4O3/c1-9(2)16(8-10-4-3-5-14-10)13(18)12-6-11(7-15-12)17(19)20/h6-7,9-10,14-15H,3-5,8H2,1-2H3. The van der Waals surface area contributed by atoms with E-state index in [1.807, 2.05) is 13.8 Å². The van der Waals surface area contributed by atoms with Gasteiger partial charge in [0.2, 0.25) is 0 Å². The highest BCUT2D eigenvalue weighted by atomic mass is 16.6. The van der Waals surface area contributed by atoms with Gasteiger partial charge in [-0.2, -0.15) is 0 Å². The minimum Gasteiger partial charge on any atom is -0.351 e. The molecule has 1 aromatic heterocycles. The number of aromatic nitrogens is 1. The Kier molecular flexibility index (Phi) is 4.39. The quantitative estimate of drug-likeness (QED) is 0.632. The lowest BCUT2D eigenvalue weighted by Gasteiger charge is -2.29. The summed E-state index contributed by atoms with van der Waals surface area (Å²) in [5.41, 5.74) is 0.180. The van der Waals surface area contributed by atoms with Crippen LogP contribution >= 0.6 is 0 Å². The smallest absolute Gasteiger partial charge is 0.287 e. The third-order valence-electron chi connectivity index (χ3n) is 3.57. The summed E-state index contributed by atoms with van der Waals surface area (Å²) in [4.78, 5) is 27.1. The zero-order valence-corrected chi connectivity index (χ0v) is 11.8. The molecule has 1 unspecified atom stereocenters. The number of nitrogens with zero attached hydrogens (tertiary/aromatic N) is 2. The van der Waals surface area contributed by atoms with E-state index in [-0.39, 0.29) is 23.3 Å². The summed E-state index contributed by atoms with van der Waals surface area (Å²) >= 11 is 0. The van der Waals surface area contributed by atoms with Crippen molar-refractivity contribution < 1.29 is 9.72 Å². The van der Waals surface area contributed by atoms with Crippen LogP contribution in [-0.2, 0) is 0 Å². The number of hydrogen-bond acceptors (Lipinski definition) is 4. The molecule has 110 valence electrons. The van der Waals surface area contributed by atoms with Crippen LogP contribution in [0.15, 0.2) is 12.3 Å². The molecule has 0 spiro atoms. The van der Waals surface area contributed by atoms with Crippen molar-refractivity contribution in [1.82, 2.24) is 15.2 Å². The molecule has 2 N–H and O–H groups in total. The second-order valence-electron chi connectivity index (χ2n) is 5.37. The molecule has 0 aliphatic carbocycles. The first kappa shape index (κ1) is 14.5. The van der Waals surface area contributed by atoms with Gasteiger partial charge in [-0.05, 0) is 33.2 Å². The molecule has 1 aromatic rings. The molecule has 0 radical (unpaired) electrons. The summed E-state index contributed by atoms with van der Waals surface area (Å²) in [6.07, 6.45) is 3.43. The number of hydrogen-bond donors (Lipinski definition) is 2. The molecule has 0 aromatic carbocycles. The predicted molar refractivity (Wildman–Crippen MR) is 74.6 cm³/mol. The number of H-pyrrole nitrogens is 1. The van der Waals surface area contributed by atoms with Crippen molar-refractivity contribution in [3.05, 3.63) is 28.1 Å². The second kappa shape index (κ2) is 6.04. The number of rotatable bonds is 5. The van der Waals surface area contributed by atoms with E-state index < -0.39 is 4.92 Å². The van der Waals surface area contributed by atoms with Gasteiger partial charge < -0.3 is 15.2 Å². The van der Waals surface area contributed by atoms with Crippen molar-refractivity contribution >= 4 is 11.6 Å². The van der Waals surface area contributed by atoms with Crippen LogP contribution in [-0.4, -0.2) is 45.9 Å². The van der Waals surface area contributed by atoms with E-state index in [4.69, 9.17) is 0 Å². The second-order valence-corrected chi connectivity index (χ2v) is 5.37. The third-order valence-corrected chi connectivity index (χ3v) is 3.57. The Morgan fingerprint density at radius 3 is 2.85 bits per heavy atom. The van der Waals surface area contributed by atoms with Gasteiger partial charge in [-0.1, -0.05) is 0 Å². The molecule has 1 atom stereocenters. The number of nitro groups is 1. The number of aromatic amines is 1. The van der Waals surface area contributed by atoms with Gasteiger partial charge in [0.25, 0.3) is 11.6 Å². The summed E-state index contributed by atoms with van der Waals surface area (Å²) < 4.78 is 0. The molecule has 2 rings (SSSR count). The van der Waals surface area contributed by atoms with Crippen LogP contribution in [0.5, 0.6) is 0 Å². The molecule has 1 aliphatic heterocycles. The van der Waals surface area contributed by atoms with Gasteiger partial charge in [0.05, 0.1) is 11.1 Å². The summed E-state index contributed by atoms with van der Waals surface area (Å²) in [5.74, 6) is -0.193. The highest BCUT2D eigenvalue weighted by Crippen LogP contribution is 2.16. The van der Waals surface area contributed by atoms with Gasteiger partial charge in [-0.25, -0.2) is 0 Å². The largest absolute Gasteiger partial charge is 0.351 e. The predicted octanol–water partition coefficient (Wildman–Crippen LogP) is 1.53. The van der Waals surface area contributed by atoms with E-state index >= 15 is 0 Å². The third kappa shape index (κ3) is 3.16. The van der Waals surface area contributed by atoms with Gasteiger partial charge in [0.1, 0.15) is 5.69 Å². The summed E-state index contributed by atoms with van der Waals surface area (Å²) in [7, 11) is 0. The van der Waals surface area contributed by atoms with Crippen molar-refractivity contribution in [1.29, 1.82) is 0 Å². The first-order valence-electron chi connectivity index (χ1n) is 6.86. The van der Waals surface area contributed by atoms with Crippen molar-refractivity contribution in [2.45, 2.75) is 38.8 Å². The van der Waals surface area contributed by atoms with Gasteiger partial charge in [0, 0.05) is 24.7 Å². The lowest BCUT2D eigenvalue weighted by atomic mass is 10.2. The Morgan fingerprint density at radius 1 is 1.60 bits per heavy atom. The van der Waals surface area contributed by atoms with E-state index in [9.17, 15) is 14.9 Å². The maximum Gasteiger partial charge on any atom is 0.287 e. The Balaban J connectivity index is 2.10. The monoisotopic (exact) mass is 280 g/mol. The molecular formula is C13H20N4O3. The minimum atomic E-state index is -0.508. The van der Waals surface area contributed by atoms with Crippen LogP contribution in [0.4, 0.5) is 5.69 Å². The number of amides is 1. The molecule has 1 amide bonds. The van der Waals surface area contributed by atoms with Gasteiger partial charge in [0.15, 0.2) is 0 Å². The lowest BCUT2D eigenvalue weighted by molar-refractivity contribution is -0.384. The van der Waals surface area contributed by atoms with Crippen LogP contribution in [0, 0.1) is 10.1 Å². The molecule has 0 saturated carbocycles. The summed E-state index contributed by atoms with van der Waals surface area (Å²) in [6.45, 7) is 5.51. The van der Waals surface area contributed by atoms with Gasteiger partial charge in [-0.15, -0.1) is 0 Å². The molecule has 1 aliphatic rings. The fraction of sp³-hybridized carbons (Fsp3) is 0.615. The first-order chi connectivity index (χ1) is 9.49. The first-order valence-corrected chi connectivity index (χ1v) is 6.86. The van der Waals surface area contributed by atoms with Crippen molar-refractivity contribution in [3.63, 3.8) is 0 Å². The van der Waals surface area contributed by atoms with Crippen LogP contribution in [0.3, 0.4) is 0 Å². The van der Waals surface area contributed by atoms with Crippen LogP contribution < -0.4 is 5.32 Å². The minimum absolute atomic E-state index is 0.0484. The Labute approximate surface area is 117 Å². The number of carbonyl (C=O) groups excluding carboxylic acids is 1. The number of carbonyl (C=O) groups is 1. The van der Waals surface area contributed by atoms with E-state index in [1.54, 1.807) is 4.90 Å². The normalized spacial score (nSPS) is 18.4. The van der Waals surface area contributed by atoms with Crippen LogP contribution in [0.2, 0.25) is 0 Å². The van der Waals surface area contributed by atoms with E-state index in [0.717, 1.165) is 19.4 Å². The number of nitrogens with one attached hydrogen (secondary N) is 2. The maximum absolute atomic E-state index is 12.5. The SMILES string of the molecule is CC(C)N(CC1CCCN1)C(=O)c1cc([N+](=O)[O-])c[nH]1. The average molecular weight is 280 g/mol. The molecule has 7 nitrogen and oxygen atoms in total. The van der Waals surface area contributed by atoms with Gasteiger partial charge >= 0.3 is 0 Å². The molecule has 20 heavy (non-hydrogen) atoms. The maximum atomic E-state index is 12.5. The van der Waals surface area contributed by atoms with Gasteiger partial charge in [-0.3, -0.25) is 14.9 Å². The van der Waals surface area contributed by atoms with Crippen LogP contribution in [0.1, 0.15) is 37.2 Å². The lowest BCUT2D eigenvalue weighted by Crippen LogP contribution is -2.44. The average Bonchev–Trinajstić information content (AvgIpc) is 3.06. The van der Waals surface area contributed by atoms with Crippen molar-refractivity contribution in [3.8, 4) is 0 Å². The zero-order chi connectivity index (χ0) is 14.7. The molecule has 7 heteroatoms. The van der Waals surface area contributed by atoms with Crippen molar-refractivity contribution in [2.24, 2.45) is 0 Å². The Bertz CT molecular complexity index is 492. The fourth-order valence-corrected chi connectivity index (χ4v) is 2.44. The highest BCUT2D eigenvalue weighted by molar-refractivity contribution is 5.93. The molecule has 1 saturated heterocycles. The Morgan fingerprint density at radius 2 is 2.35 bits per heavy atom. The molecule has 0 bridgehead atoms. The van der Waals surface area contributed by atoms with E-state index in [1.165, 1.54) is 12.3 Å². The summed E-state index contributed by atoms with van der Waals surface area (Å²) in [6, 6.07) is 1.65. The topological polar surface area (TPSA) is 91.3 Å². The highest BCUT2D eigenvalue weighted by Gasteiger charge is 2.26. The Hall–Kier alpha value is -1.89. The fourth-order valence-electron chi connectivity index (χ4n) is 2.44. The molecule has 2 heterocycles. The van der Waals surface area contributed by atoms with Crippen molar-refractivity contribution in [2.75, 3.05) is 13.1 Å². The molecular weight excluding hydrogens is 260 g/mol. The molecule has 1 fully saturated rings. The van der Waals surface area contributed by atoms with E-state index in [0.29, 0.717) is 12.6 Å². The van der Waals surface area contributed by atoms with E-state index in [2.05, 4.69) is 10.3 Å². The zero-order valence-electron chi connectivity index (χ0n) is 11.8.